The van der Waals surface area contributed by atoms with Crippen molar-refractivity contribution in [1.29, 1.82) is 5.26 Å². The van der Waals surface area contributed by atoms with Gasteiger partial charge in [0.05, 0.1) is 0 Å². The van der Waals surface area contributed by atoms with Crippen LogP contribution in [0.5, 0.6) is 5.75 Å². The third-order valence-electron chi connectivity index (χ3n) is 3.06. The zero-order valence-corrected chi connectivity index (χ0v) is 9.80. The molecule has 2 rings (SSSR count). The smallest absolute Gasteiger partial charge is 0.222 e. The van der Waals surface area contributed by atoms with Gasteiger partial charge in [0.1, 0.15) is 18.2 Å². The Bertz CT molecular complexity index is 442. The molecule has 5 nitrogen and oxygen atoms in total. The lowest BCUT2D eigenvalue weighted by Gasteiger charge is -2.19. The fraction of sp³-hybridized carbons (Fsp3) is 0.500. The topological polar surface area (TPSA) is 63.2 Å². The van der Waals surface area contributed by atoms with Gasteiger partial charge in [0, 0.05) is 12.1 Å². The Hall–Kier alpha value is -1.80. The minimum absolute atomic E-state index is 0.317. The Morgan fingerprint density at radius 3 is 3.12 bits per heavy atom. The lowest BCUT2D eigenvalue weighted by Crippen LogP contribution is -2.31. The van der Waals surface area contributed by atoms with Crippen LogP contribution in [0, 0.1) is 16.5 Å². The predicted molar refractivity (Wildman–Crippen MR) is 61.3 cm³/mol. The van der Waals surface area contributed by atoms with E-state index in [0.29, 0.717) is 28.7 Å². The van der Waals surface area contributed by atoms with Crippen molar-refractivity contribution in [1.82, 2.24) is 4.90 Å². The van der Waals surface area contributed by atoms with E-state index in [1.165, 1.54) is 18.8 Å². The van der Waals surface area contributed by atoms with Crippen LogP contribution >= 0.6 is 0 Å². The fourth-order valence-corrected chi connectivity index (χ4v) is 2.05. The van der Waals surface area contributed by atoms with Crippen LogP contribution in [0.4, 0.5) is 0 Å². The third-order valence-corrected chi connectivity index (χ3v) is 3.06. The van der Waals surface area contributed by atoms with Crippen LogP contribution in [0.25, 0.3) is 0 Å². The van der Waals surface area contributed by atoms with Crippen LogP contribution in [0.3, 0.4) is 0 Å². The Kier molecular flexibility index (Phi) is 3.45. The maximum atomic E-state index is 11.2. The molecule has 1 saturated heterocycles. The largest absolute Gasteiger partial charge is 0.619 e. The summed E-state index contributed by atoms with van der Waals surface area (Å²) in [5, 5.41) is 19.9. The van der Waals surface area contributed by atoms with Gasteiger partial charge in [-0.15, -0.1) is 0 Å². The number of aromatic nitrogens is 1. The molecule has 0 spiro atoms. The van der Waals surface area contributed by atoms with E-state index in [1.54, 1.807) is 6.07 Å². The zero-order chi connectivity index (χ0) is 12.3. The summed E-state index contributed by atoms with van der Waals surface area (Å²) in [6.45, 7) is 1.65. The number of ether oxygens (including phenoxy) is 1. The number of hydrogen-bond acceptors (Lipinski definition) is 4. The van der Waals surface area contributed by atoms with Gasteiger partial charge >= 0.3 is 0 Å². The lowest BCUT2D eigenvalue weighted by molar-refractivity contribution is -0.606. The van der Waals surface area contributed by atoms with E-state index < -0.39 is 0 Å². The highest BCUT2D eigenvalue weighted by Crippen LogP contribution is 2.17. The van der Waals surface area contributed by atoms with Gasteiger partial charge in [-0.1, -0.05) is 0 Å². The van der Waals surface area contributed by atoms with Crippen molar-refractivity contribution in [2.75, 3.05) is 20.2 Å². The molecule has 1 fully saturated rings. The number of hydrogen-bond donors (Lipinski definition) is 0. The van der Waals surface area contributed by atoms with Gasteiger partial charge in [-0.2, -0.15) is 9.99 Å². The summed E-state index contributed by atoms with van der Waals surface area (Å²) in [7, 11) is 2.07. The normalized spacial score (nSPS) is 20.1. The molecule has 1 aliphatic rings. The molecule has 1 aromatic heterocycles. The van der Waals surface area contributed by atoms with Crippen LogP contribution in [-0.2, 0) is 0 Å². The Balaban J connectivity index is 1.99. The molecule has 1 aliphatic heterocycles. The van der Waals surface area contributed by atoms with Gasteiger partial charge in [-0.05, 0) is 26.4 Å². The van der Waals surface area contributed by atoms with Crippen LogP contribution in [0.1, 0.15) is 18.4 Å². The van der Waals surface area contributed by atoms with Crippen molar-refractivity contribution in [2.45, 2.75) is 18.9 Å². The van der Waals surface area contributed by atoms with Crippen LogP contribution < -0.4 is 9.47 Å². The molecule has 0 N–H and O–H groups in total. The Morgan fingerprint density at radius 2 is 2.47 bits per heavy atom. The quantitative estimate of drug-likeness (QED) is 0.568. The molecule has 90 valence electrons. The summed E-state index contributed by atoms with van der Waals surface area (Å²) in [6.07, 6.45) is 4.88. The van der Waals surface area contributed by atoms with Crippen LogP contribution in [0.15, 0.2) is 18.5 Å². The SMILES string of the molecule is CN1CCC[C@H]1COc1cc(C#N)c[n+]([O-])c1. The van der Waals surface area contributed by atoms with E-state index in [4.69, 9.17) is 10.00 Å². The van der Waals surface area contributed by atoms with Gasteiger partial charge in [0.15, 0.2) is 11.9 Å². The van der Waals surface area contributed by atoms with E-state index in [2.05, 4.69) is 11.9 Å². The maximum absolute atomic E-state index is 11.2. The molecule has 5 heteroatoms. The van der Waals surface area contributed by atoms with Gasteiger partial charge in [0.2, 0.25) is 6.20 Å². The van der Waals surface area contributed by atoms with Crippen molar-refractivity contribution < 1.29 is 9.47 Å². The summed E-state index contributed by atoms with van der Waals surface area (Å²) < 4.78 is 6.17. The summed E-state index contributed by atoms with van der Waals surface area (Å²) in [5.41, 5.74) is 0.317. The average Bonchev–Trinajstić information content (AvgIpc) is 2.71. The van der Waals surface area contributed by atoms with Gasteiger partial charge in [-0.3, -0.25) is 0 Å². The highest BCUT2D eigenvalue weighted by molar-refractivity contribution is 5.30. The molecule has 0 aromatic carbocycles. The molecule has 1 atom stereocenters. The number of nitrogens with zero attached hydrogens (tertiary/aromatic N) is 3. The summed E-state index contributed by atoms with van der Waals surface area (Å²) in [6, 6.07) is 3.92. The number of nitriles is 1. The Labute approximate surface area is 100 Å². The number of likely N-dealkylation sites (N-methyl/N-ethyl adjacent to an activating group) is 1. The zero-order valence-electron chi connectivity index (χ0n) is 9.80. The van der Waals surface area contributed by atoms with Crippen molar-refractivity contribution >= 4 is 0 Å². The van der Waals surface area contributed by atoms with Gasteiger partial charge < -0.3 is 14.8 Å². The van der Waals surface area contributed by atoms with E-state index >= 15 is 0 Å². The number of rotatable bonds is 3. The van der Waals surface area contributed by atoms with E-state index in [1.807, 2.05) is 6.07 Å². The van der Waals surface area contributed by atoms with E-state index in [9.17, 15) is 5.21 Å². The predicted octanol–water partition coefficient (Wildman–Crippen LogP) is 0.665. The first-order chi connectivity index (χ1) is 8.19. The summed E-state index contributed by atoms with van der Waals surface area (Å²) >= 11 is 0. The molecule has 2 heterocycles. The number of likely N-dealkylation sites (tertiary alicyclic amines) is 1. The molecule has 0 radical (unpaired) electrons. The first-order valence-corrected chi connectivity index (χ1v) is 5.66. The Morgan fingerprint density at radius 1 is 1.65 bits per heavy atom. The van der Waals surface area contributed by atoms with Crippen molar-refractivity contribution in [3.8, 4) is 11.8 Å². The number of pyridine rings is 1. The maximum Gasteiger partial charge on any atom is 0.222 e. The van der Waals surface area contributed by atoms with E-state index in [-0.39, 0.29) is 0 Å². The third kappa shape index (κ3) is 2.86. The second-order valence-corrected chi connectivity index (χ2v) is 4.32. The molecule has 1 aromatic rings. The molecular weight excluding hydrogens is 218 g/mol. The first-order valence-electron chi connectivity index (χ1n) is 5.66. The average molecular weight is 233 g/mol. The molecule has 0 saturated carbocycles. The van der Waals surface area contributed by atoms with Crippen molar-refractivity contribution in [3.05, 3.63) is 29.2 Å². The molecule has 0 aliphatic carbocycles. The monoisotopic (exact) mass is 233 g/mol. The summed E-state index contributed by atoms with van der Waals surface area (Å²) in [5.74, 6) is 0.458. The minimum atomic E-state index is 0.317. The fourth-order valence-electron chi connectivity index (χ4n) is 2.05. The lowest BCUT2D eigenvalue weighted by atomic mass is 10.2. The van der Waals surface area contributed by atoms with Gasteiger partial charge in [0.25, 0.3) is 0 Å². The molecule has 0 bridgehead atoms. The molecule has 0 amide bonds. The highest BCUT2D eigenvalue weighted by atomic mass is 16.5. The second kappa shape index (κ2) is 5.02. The minimum Gasteiger partial charge on any atom is -0.619 e. The standard InChI is InChI=1S/C12H15N3O2/c1-14-4-2-3-11(14)9-17-12-5-10(6-13)7-15(16)8-12/h5,7-8,11H,2-4,9H2,1H3/t11-/m0/s1. The molecular formula is C12H15N3O2. The van der Waals surface area contributed by atoms with Crippen molar-refractivity contribution in [3.63, 3.8) is 0 Å². The van der Waals surface area contributed by atoms with Crippen LogP contribution in [-0.4, -0.2) is 31.1 Å². The summed E-state index contributed by atoms with van der Waals surface area (Å²) in [4.78, 5) is 2.25. The molecule has 0 unspecified atom stereocenters. The second-order valence-electron chi connectivity index (χ2n) is 4.32. The van der Waals surface area contributed by atoms with E-state index in [0.717, 1.165) is 13.0 Å². The molecule has 17 heavy (non-hydrogen) atoms. The van der Waals surface area contributed by atoms with Crippen LogP contribution in [0.2, 0.25) is 0 Å². The van der Waals surface area contributed by atoms with Gasteiger partial charge in [-0.25, -0.2) is 0 Å². The highest BCUT2D eigenvalue weighted by Gasteiger charge is 2.21. The van der Waals surface area contributed by atoms with Crippen molar-refractivity contribution in [2.24, 2.45) is 0 Å². The first kappa shape index (κ1) is 11.7.